The Morgan fingerprint density at radius 2 is 1.59 bits per heavy atom. The Morgan fingerprint density at radius 3 is 2.25 bits per heavy atom. The van der Waals surface area contributed by atoms with Crippen molar-refractivity contribution < 1.29 is 18.0 Å². The van der Waals surface area contributed by atoms with E-state index in [9.17, 15) is 18.0 Å². The van der Waals surface area contributed by atoms with Crippen LogP contribution in [0.15, 0.2) is 79.1 Å². The predicted molar refractivity (Wildman–Crippen MR) is 112 cm³/mol. The van der Waals surface area contributed by atoms with Crippen LogP contribution in [0.3, 0.4) is 0 Å². The average Bonchev–Trinajstić information content (AvgIpc) is 3.41. The number of halogens is 3. The van der Waals surface area contributed by atoms with Crippen molar-refractivity contribution in [3.05, 3.63) is 95.9 Å². The van der Waals surface area contributed by atoms with Crippen molar-refractivity contribution in [2.75, 3.05) is 0 Å². The lowest BCUT2D eigenvalue weighted by molar-refractivity contribution is -0.141. The molecule has 4 aromatic rings. The van der Waals surface area contributed by atoms with Crippen LogP contribution < -0.4 is 5.32 Å². The number of hydrogen-bond acceptors (Lipinski definition) is 3. The summed E-state index contributed by atoms with van der Waals surface area (Å²) >= 11 is 0. The van der Waals surface area contributed by atoms with Gasteiger partial charge in [0.25, 0.3) is 0 Å². The molecular weight excluding hydrogens is 419 g/mol. The van der Waals surface area contributed by atoms with Gasteiger partial charge in [0, 0.05) is 30.1 Å². The monoisotopic (exact) mass is 439 g/mol. The zero-order valence-electron chi connectivity index (χ0n) is 17.0. The van der Waals surface area contributed by atoms with E-state index in [1.807, 2.05) is 71.5 Å². The molecule has 2 aromatic carbocycles. The Labute approximate surface area is 182 Å². The standard InChI is InChI=1S/C23H20F3N5O/c24-23(25,26)20-11-12-30(28-20)16-21(32)27-13-19-15-31(14-17-7-3-1-4-8-17)29-22(19)18-9-5-2-6-10-18/h1-12,15H,13-14,16H2,(H,27,32). The third-order valence-electron chi connectivity index (χ3n) is 4.78. The fourth-order valence-corrected chi connectivity index (χ4v) is 3.28. The van der Waals surface area contributed by atoms with Gasteiger partial charge < -0.3 is 5.32 Å². The van der Waals surface area contributed by atoms with Crippen LogP contribution in [-0.2, 0) is 30.6 Å². The molecule has 0 atom stereocenters. The second-order valence-corrected chi connectivity index (χ2v) is 7.23. The number of nitrogens with one attached hydrogen (secondary N) is 1. The minimum Gasteiger partial charge on any atom is -0.350 e. The summed E-state index contributed by atoms with van der Waals surface area (Å²) in [6, 6.07) is 20.3. The van der Waals surface area contributed by atoms with Crippen molar-refractivity contribution in [1.82, 2.24) is 24.9 Å². The van der Waals surface area contributed by atoms with Crippen LogP contribution in [0, 0.1) is 0 Å². The number of nitrogens with zero attached hydrogens (tertiary/aromatic N) is 4. The lowest BCUT2D eigenvalue weighted by Crippen LogP contribution is -2.27. The molecule has 9 heteroatoms. The highest BCUT2D eigenvalue weighted by Gasteiger charge is 2.33. The van der Waals surface area contributed by atoms with Gasteiger partial charge in [0.2, 0.25) is 5.91 Å². The second-order valence-electron chi connectivity index (χ2n) is 7.23. The van der Waals surface area contributed by atoms with Crippen molar-refractivity contribution in [3.8, 4) is 11.3 Å². The number of amides is 1. The Bertz CT molecular complexity index is 1180. The fourth-order valence-electron chi connectivity index (χ4n) is 3.28. The molecular formula is C23H20F3N5O. The smallest absolute Gasteiger partial charge is 0.350 e. The Morgan fingerprint density at radius 1 is 0.906 bits per heavy atom. The van der Waals surface area contributed by atoms with Crippen LogP contribution >= 0.6 is 0 Å². The van der Waals surface area contributed by atoms with E-state index in [0.717, 1.165) is 39.3 Å². The first-order valence-corrected chi connectivity index (χ1v) is 9.91. The van der Waals surface area contributed by atoms with Crippen LogP contribution in [0.1, 0.15) is 16.8 Å². The van der Waals surface area contributed by atoms with Crippen molar-refractivity contribution >= 4 is 5.91 Å². The van der Waals surface area contributed by atoms with E-state index < -0.39 is 17.8 Å². The summed E-state index contributed by atoms with van der Waals surface area (Å²) in [6.07, 6.45) is -1.54. The van der Waals surface area contributed by atoms with Gasteiger partial charge in [0.1, 0.15) is 6.54 Å². The Hall–Kier alpha value is -3.88. The maximum atomic E-state index is 12.7. The van der Waals surface area contributed by atoms with Gasteiger partial charge in [-0.2, -0.15) is 23.4 Å². The first-order chi connectivity index (χ1) is 15.4. The maximum absolute atomic E-state index is 12.7. The minimum absolute atomic E-state index is 0.186. The van der Waals surface area contributed by atoms with Gasteiger partial charge in [-0.25, -0.2) is 0 Å². The van der Waals surface area contributed by atoms with Gasteiger partial charge in [-0.1, -0.05) is 60.7 Å². The highest BCUT2D eigenvalue weighted by molar-refractivity contribution is 5.76. The zero-order valence-corrected chi connectivity index (χ0v) is 17.0. The first kappa shape index (κ1) is 21.4. The van der Waals surface area contributed by atoms with Crippen molar-refractivity contribution in [1.29, 1.82) is 0 Å². The normalized spacial score (nSPS) is 11.5. The summed E-state index contributed by atoms with van der Waals surface area (Å²) in [7, 11) is 0. The number of rotatable bonds is 7. The van der Waals surface area contributed by atoms with Crippen molar-refractivity contribution in [3.63, 3.8) is 0 Å². The van der Waals surface area contributed by atoms with E-state index in [0.29, 0.717) is 6.54 Å². The van der Waals surface area contributed by atoms with Gasteiger partial charge in [-0.15, -0.1) is 0 Å². The van der Waals surface area contributed by atoms with Gasteiger partial charge in [0.05, 0.1) is 12.2 Å². The molecule has 0 bridgehead atoms. The molecule has 0 aliphatic carbocycles. The molecule has 0 aliphatic rings. The topological polar surface area (TPSA) is 64.7 Å². The molecule has 2 heterocycles. The minimum atomic E-state index is -4.54. The maximum Gasteiger partial charge on any atom is 0.435 e. The van der Waals surface area contributed by atoms with E-state index in [1.54, 1.807) is 0 Å². The molecule has 2 aromatic heterocycles. The summed E-state index contributed by atoms with van der Waals surface area (Å²) in [5, 5.41) is 10.8. The lowest BCUT2D eigenvalue weighted by atomic mass is 10.1. The quantitative estimate of drug-likeness (QED) is 0.471. The molecule has 4 rings (SSSR count). The number of alkyl halides is 3. The molecule has 0 fully saturated rings. The predicted octanol–water partition coefficient (Wildman–Crippen LogP) is 4.13. The van der Waals surface area contributed by atoms with Crippen LogP contribution in [0.5, 0.6) is 0 Å². The molecule has 0 saturated carbocycles. The van der Waals surface area contributed by atoms with Crippen LogP contribution in [-0.4, -0.2) is 25.5 Å². The van der Waals surface area contributed by atoms with Gasteiger partial charge in [-0.05, 0) is 11.6 Å². The molecule has 0 saturated heterocycles. The second kappa shape index (κ2) is 9.09. The lowest BCUT2D eigenvalue weighted by Gasteiger charge is -2.06. The number of benzene rings is 2. The molecule has 32 heavy (non-hydrogen) atoms. The SMILES string of the molecule is O=C(Cn1ccc(C(F)(F)F)n1)NCc1cn(Cc2ccccc2)nc1-c1ccccc1. The fraction of sp³-hybridized carbons (Fsp3) is 0.174. The average molecular weight is 439 g/mol. The largest absolute Gasteiger partial charge is 0.435 e. The molecule has 0 radical (unpaired) electrons. The summed E-state index contributed by atoms with van der Waals surface area (Å²) in [5.74, 6) is -0.448. The summed E-state index contributed by atoms with van der Waals surface area (Å²) in [4.78, 5) is 12.3. The van der Waals surface area contributed by atoms with E-state index >= 15 is 0 Å². The van der Waals surface area contributed by atoms with E-state index in [2.05, 4.69) is 10.4 Å². The summed E-state index contributed by atoms with van der Waals surface area (Å²) in [5.41, 5.74) is 2.51. The summed E-state index contributed by atoms with van der Waals surface area (Å²) < 4.78 is 40.8. The molecule has 164 valence electrons. The molecule has 0 spiro atoms. The van der Waals surface area contributed by atoms with Gasteiger partial charge in [0.15, 0.2) is 5.69 Å². The number of hydrogen-bond donors (Lipinski definition) is 1. The highest BCUT2D eigenvalue weighted by atomic mass is 19.4. The molecule has 0 aliphatic heterocycles. The van der Waals surface area contributed by atoms with Crippen molar-refractivity contribution in [2.45, 2.75) is 25.8 Å². The Kier molecular flexibility index (Phi) is 6.07. The van der Waals surface area contributed by atoms with Crippen LogP contribution in [0.2, 0.25) is 0 Å². The van der Waals surface area contributed by atoms with Crippen LogP contribution in [0.25, 0.3) is 11.3 Å². The van der Waals surface area contributed by atoms with Gasteiger partial charge in [-0.3, -0.25) is 14.2 Å². The van der Waals surface area contributed by atoms with Crippen molar-refractivity contribution in [2.24, 2.45) is 0 Å². The molecule has 1 amide bonds. The van der Waals surface area contributed by atoms with Gasteiger partial charge >= 0.3 is 6.18 Å². The zero-order chi connectivity index (χ0) is 22.6. The Balaban J connectivity index is 1.48. The third-order valence-corrected chi connectivity index (χ3v) is 4.78. The summed E-state index contributed by atoms with van der Waals surface area (Å²) in [6.45, 7) is 0.447. The first-order valence-electron chi connectivity index (χ1n) is 9.91. The molecule has 6 nitrogen and oxygen atoms in total. The third kappa shape index (κ3) is 5.23. The van der Waals surface area contributed by atoms with E-state index in [-0.39, 0.29) is 13.1 Å². The molecule has 0 unspecified atom stereocenters. The highest BCUT2D eigenvalue weighted by Crippen LogP contribution is 2.27. The number of carbonyl (C=O) groups is 1. The number of aromatic nitrogens is 4. The van der Waals surface area contributed by atoms with Crippen LogP contribution in [0.4, 0.5) is 13.2 Å². The van der Waals surface area contributed by atoms with E-state index in [1.165, 1.54) is 0 Å². The molecule has 1 N–H and O–H groups in total. The van der Waals surface area contributed by atoms with E-state index in [4.69, 9.17) is 5.10 Å². The number of carbonyl (C=O) groups excluding carboxylic acids is 1.